The standard InChI is InChI=1S/C12H11NO4/c1-16-10-6-7(12(14)15)5-9-8(10)3-4-13-11(9)17-2/h3-6H,1-2H3,(H,14,15). The Bertz CT molecular complexity index is 580. The van der Waals surface area contributed by atoms with Crippen molar-refractivity contribution in [2.75, 3.05) is 14.2 Å². The summed E-state index contributed by atoms with van der Waals surface area (Å²) in [5, 5.41) is 10.4. The fourth-order valence-electron chi connectivity index (χ4n) is 1.68. The Morgan fingerprint density at radius 1 is 1.24 bits per heavy atom. The van der Waals surface area contributed by atoms with Crippen molar-refractivity contribution in [3.05, 3.63) is 30.0 Å². The molecule has 0 bridgehead atoms. The molecule has 5 heteroatoms. The number of ether oxygens (including phenoxy) is 2. The molecular formula is C12H11NO4. The summed E-state index contributed by atoms with van der Waals surface area (Å²) in [4.78, 5) is 15.0. The first kappa shape index (κ1) is 11.2. The van der Waals surface area contributed by atoms with Gasteiger partial charge in [0.05, 0.1) is 19.8 Å². The lowest BCUT2D eigenvalue weighted by atomic mass is 10.1. The highest BCUT2D eigenvalue weighted by Crippen LogP contribution is 2.31. The predicted molar refractivity (Wildman–Crippen MR) is 61.8 cm³/mol. The van der Waals surface area contributed by atoms with Gasteiger partial charge in [0.15, 0.2) is 0 Å². The molecule has 1 N–H and O–H groups in total. The number of carboxylic acid groups (broad SMARTS) is 1. The summed E-state index contributed by atoms with van der Waals surface area (Å²) in [5.74, 6) is -0.152. The van der Waals surface area contributed by atoms with Crippen LogP contribution in [0, 0.1) is 0 Å². The number of aromatic nitrogens is 1. The zero-order valence-corrected chi connectivity index (χ0v) is 9.43. The zero-order chi connectivity index (χ0) is 12.4. The van der Waals surface area contributed by atoms with E-state index in [4.69, 9.17) is 14.6 Å². The molecule has 5 nitrogen and oxygen atoms in total. The van der Waals surface area contributed by atoms with Crippen molar-refractivity contribution in [1.82, 2.24) is 4.98 Å². The Morgan fingerprint density at radius 3 is 2.59 bits per heavy atom. The van der Waals surface area contributed by atoms with Crippen molar-refractivity contribution in [2.45, 2.75) is 0 Å². The molecule has 0 unspecified atom stereocenters. The van der Waals surface area contributed by atoms with E-state index < -0.39 is 5.97 Å². The molecule has 0 aliphatic carbocycles. The van der Waals surface area contributed by atoms with E-state index in [1.54, 1.807) is 12.3 Å². The van der Waals surface area contributed by atoms with Gasteiger partial charge in [-0.15, -0.1) is 0 Å². The second-order valence-electron chi connectivity index (χ2n) is 3.40. The molecule has 0 radical (unpaired) electrons. The summed E-state index contributed by atoms with van der Waals surface area (Å²) in [5.41, 5.74) is 0.139. The number of rotatable bonds is 3. The van der Waals surface area contributed by atoms with Crippen molar-refractivity contribution >= 4 is 16.7 Å². The van der Waals surface area contributed by atoms with E-state index in [1.165, 1.54) is 26.4 Å². The Labute approximate surface area is 97.6 Å². The molecule has 0 fully saturated rings. The van der Waals surface area contributed by atoms with Crippen LogP contribution in [0.5, 0.6) is 11.6 Å². The number of hydrogen-bond acceptors (Lipinski definition) is 4. The van der Waals surface area contributed by atoms with E-state index >= 15 is 0 Å². The number of carboxylic acids is 1. The van der Waals surface area contributed by atoms with Gasteiger partial charge in [-0.1, -0.05) is 0 Å². The first-order valence-corrected chi connectivity index (χ1v) is 4.91. The summed E-state index contributed by atoms with van der Waals surface area (Å²) < 4.78 is 10.3. The number of nitrogens with zero attached hydrogens (tertiary/aromatic N) is 1. The summed E-state index contributed by atoms with van der Waals surface area (Å²) >= 11 is 0. The maximum absolute atomic E-state index is 11.0. The molecule has 1 aromatic carbocycles. The molecule has 0 amide bonds. The van der Waals surface area contributed by atoms with E-state index in [1.807, 2.05) is 0 Å². The SMILES string of the molecule is COc1cc(C(=O)O)cc2c(OC)nccc12. The lowest BCUT2D eigenvalue weighted by Gasteiger charge is -2.09. The van der Waals surface area contributed by atoms with Crippen molar-refractivity contribution in [2.24, 2.45) is 0 Å². The molecule has 0 atom stereocenters. The van der Waals surface area contributed by atoms with Crippen LogP contribution < -0.4 is 9.47 Å². The molecule has 88 valence electrons. The van der Waals surface area contributed by atoms with Gasteiger partial charge in [-0.25, -0.2) is 9.78 Å². The maximum atomic E-state index is 11.0. The number of benzene rings is 1. The fourth-order valence-corrected chi connectivity index (χ4v) is 1.68. The topological polar surface area (TPSA) is 68.7 Å². The number of fused-ring (bicyclic) bond motifs is 1. The minimum atomic E-state index is -1.02. The Balaban J connectivity index is 2.82. The van der Waals surface area contributed by atoms with Crippen molar-refractivity contribution in [3.63, 3.8) is 0 Å². The quantitative estimate of drug-likeness (QED) is 0.877. The number of pyridine rings is 1. The molecule has 0 saturated carbocycles. The van der Waals surface area contributed by atoms with Crippen molar-refractivity contribution < 1.29 is 19.4 Å². The van der Waals surface area contributed by atoms with E-state index in [0.717, 1.165) is 5.39 Å². The van der Waals surface area contributed by atoms with Crippen LogP contribution in [0.15, 0.2) is 24.4 Å². The maximum Gasteiger partial charge on any atom is 0.335 e. The number of aromatic carboxylic acids is 1. The Hall–Kier alpha value is -2.30. The van der Waals surface area contributed by atoms with Gasteiger partial charge < -0.3 is 14.6 Å². The highest BCUT2D eigenvalue weighted by atomic mass is 16.5. The smallest absolute Gasteiger partial charge is 0.335 e. The van der Waals surface area contributed by atoms with Gasteiger partial charge in [0, 0.05) is 17.0 Å². The number of hydrogen-bond donors (Lipinski definition) is 1. The summed E-state index contributed by atoms with van der Waals surface area (Å²) in [7, 11) is 2.98. The summed E-state index contributed by atoms with van der Waals surface area (Å²) in [6.45, 7) is 0. The van der Waals surface area contributed by atoms with Gasteiger partial charge >= 0.3 is 5.97 Å². The minimum absolute atomic E-state index is 0.139. The van der Waals surface area contributed by atoms with Crippen LogP contribution in [-0.2, 0) is 0 Å². The van der Waals surface area contributed by atoms with Gasteiger partial charge in [0.2, 0.25) is 5.88 Å². The molecular weight excluding hydrogens is 222 g/mol. The first-order chi connectivity index (χ1) is 8.17. The largest absolute Gasteiger partial charge is 0.496 e. The highest BCUT2D eigenvalue weighted by molar-refractivity contribution is 5.99. The number of carbonyl (C=O) groups is 1. The van der Waals surface area contributed by atoms with Crippen LogP contribution in [0.4, 0.5) is 0 Å². The highest BCUT2D eigenvalue weighted by Gasteiger charge is 2.12. The van der Waals surface area contributed by atoms with Crippen LogP contribution in [0.1, 0.15) is 10.4 Å². The normalized spacial score (nSPS) is 10.2. The summed E-state index contributed by atoms with van der Waals surface area (Å²) in [6, 6.07) is 4.75. The predicted octanol–water partition coefficient (Wildman–Crippen LogP) is 1.95. The van der Waals surface area contributed by atoms with Gasteiger partial charge in [-0.2, -0.15) is 0 Å². The molecule has 0 aliphatic rings. The molecule has 2 aromatic rings. The number of methoxy groups -OCH3 is 2. The van der Waals surface area contributed by atoms with Crippen LogP contribution in [-0.4, -0.2) is 30.3 Å². The molecule has 1 heterocycles. The molecule has 2 rings (SSSR count). The third kappa shape index (κ3) is 1.87. The minimum Gasteiger partial charge on any atom is -0.496 e. The van der Waals surface area contributed by atoms with Gasteiger partial charge in [-0.05, 0) is 18.2 Å². The van der Waals surface area contributed by atoms with Gasteiger partial charge in [0.25, 0.3) is 0 Å². The first-order valence-electron chi connectivity index (χ1n) is 4.91. The third-order valence-electron chi connectivity index (χ3n) is 2.47. The summed E-state index contributed by atoms with van der Waals surface area (Å²) in [6.07, 6.45) is 1.59. The molecule has 0 aliphatic heterocycles. The van der Waals surface area contributed by atoms with E-state index in [0.29, 0.717) is 17.0 Å². The zero-order valence-electron chi connectivity index (χ0n) is 9.43. The van der Waals surface area contributed by atoms with E-state index in [9.17, 15) is 4.79 Å². The van der Waals surface area contributed by atoms with Crippen LogP contribution >= 0.6 is 0 Å². The second-order valence-corrected chi connectivity index (χ2v) is 3.40. The molecule has 17 heavy (non-hydrogen) atoms. The Morgan fingerprint density at radius 2 is 2.00 bits per heavy atom. The Kier molecular flexibility index (Phi) is 2.82. The van der Waals surface area contributed by atoms with Crippen molar-refractivity contribution in [1.29, 1.82) is 0 Å². The molecule has 0 spiro atoms. The van der Waals surface area contributed by atoms with Crippen LogP contribution in [0.25, 0.3) is 10.8 Å². The van der Waals surface area contributed by atoms with Crippen molar-refractivity contribution in [3.8, 4) is 11.6 Å². The van der Waals surface area contributed by atoms with Crippen LogP contribution in [0.2, 0.25) is 0 Å². The second kappa shape index (κ2) is 4.29. The fraction of sp³-hybridized carbons (Fsp3) is 0.167. The molecule has 0 saturated heterocycles. The average molecular weight is 233 g/mol. The van der Waals surface area contributed by atoms with Crippen LogP contribution in [0.3, 0.4) is 0 Å². The monoisotopic (exact) mass is 233 g/mol. The van der Waals surface area contributed by atoms with Gasteiger partial charge in [0.1, 0.15) is 5.75 Å². The third-order valence-corrected chi connectivity index (χ3v) is 2.47. The van der Waals surface area contributed by atoms with E-state index in [-0.39, 0.29) is 5.56 Å². The van der Waals surface area contributed by atoms with E-state index in [2.05, 4.69) is 4.98 Å². The lowest BCUT2D eigenvalue weighted by molar-refractivity contribution is 0.0696. The molecule has 1 aromatic heterocycles. The van der Waals surface area contributed by atoms with Gasteiger partial charge in [-0.3, -0.25) is 0 Å². The average Bonchev–Trinajstić information content (AvgIpc) is 2.36. The lowest BCUT2D eigenvalue weighted by Crippen LogP contribution is -1.99.